The number of ether oxygens (including phenoxy) is 1. The summed E-state index contributed by atoms with van der Waals surface area (Å²) >= 11 is 0. The smallest absolute Gasteiger partial charge is 0.349 e. The number of rotatable bonds is 5. The van der Waals surface area contributed by atoms with Crippen LogP contribution >= 0.6 is 0 Å². The number of methoxy groups -OCH3 is 1. The van der Waals surface area contributed by atoms with E-state index in [1.165, 1.54) is 19.4 Å². The Morgan fingerprint density at radius 2 is 1.65 bits per heavy atom. The molecule has 0 aliphatic carbocycles. The van der Waals surface area contributed by atoms with E-state index in [1.807, 2.05) is 0 Å². The number of amides is 2. The minimum absolute atomic E-state index is 0.149. The molecule has 0 saturated carbocycles. The Morgan fingerprint density at radius 3 is 2.35 bits per heavy atom. The first kappa shape index (κ1) is 19.8. The lowest BCUT2D eigenvalue weighted by molar-refractivity contribution is 0.101. The molecule has 2 heterocycles. The predicted octanol–water partition coefficient (Wildman–Crippen LogP) is 3.70. The van der Waals surface area contributed by atoms with Gasteiger partial charge in [0.2, 0.25) is 0 Å². The lowest BCUT2D eigenvalue weighted by Gasteiger charge is -2.09. The van der Waals surface area contributed by atoms with Crippen LogP contribution in [0.25, 0.3) is 11.0 Å². The van der Waals surface area contributed by atoms with Gasteiger partial charge in [-0.25, -0.2) is 4.79 Å². The highest BCUT2D eigenvalue weighted by atomic mass is 16.5. The first-order chi connectivity index (χ1) is 15.0. The summed E-state index contributed by atoms with van der Waals surface area (Å²) in [5.74, 6) is -0.613. The Labute approximate surface area is 176 Å². The zero-order valence-electron chi connectivity index (χ0n) is 16.4. The highest BCUT2D eigenvalue weighted by Crippen LogP contribution is 2.25. The second-order valence-corrected chi connectivity index (χ2v) is 6.53. The Morgan fingerprint density at radius 1 is 0.903 bits per heavy atom. The molecule has 2 aromatic heterocycles. The van der Waals surface area contributed by atoms with Gasteiger partial charge in [-0.3, -0.25) is 14.6 Å². The number of carbonyl (C=O) groups excluding carboxylic acids is 2. The van der Waals surface area contributed by atoms with Crippen molar-refractivity contribution >= 4 is 34.2 Å². The average molecular weight is 415 g/mol. The van der Waals surface area contributed by atoms with Gasteiger partial charge in [0.05, 0.1) is 7.11 Å². The third kappa shape index (κ3) is 4.27. The molecule has 8 nitrogen and oxygen atoms in total. The van der Waals surface area contributed by atoms with Crippen molar-refractivity contribution in [3.8, 4) is 5.75 Å². The van der Waals surface area contributed by atoms with Crippen LogP contribution in [0, 0.1) is 0 Å². The molecule has 0 spiro atoms. The van der Waals surface area contributed by atoms with E-state index in [4.69, 9.17) is 9.15 Å². The highest BCUT2D eigenvalue weighted by Gasteiger charge is 2.16. The molecule has 0 radical (unpaired) electrons. The average Bonchev–Trinajstić information content (AvgIpc) is 2.79. The molecule has 4 aromatic rings. The van der Waals surface area contributed by atoms with E-state index in [0.29, 0.717) is 22.5 Å². The van der Waals surface area contributed by atoms with Gasteiger partial charge < -0.3 is 19.8 Å². The highest BCUT2D eigenvalue weighted by molar-refractivity contribution is 6.06. The molecule has 0 atom stereocenters. The summed E-state index contributed by atoms with van der Waals surface area (Å²) in [5, 5.41) is 5.92. The fraction of sp³-hybridized carbons (Fsp3) is 0.0435. The number of anilines is 2. The number of carbonyl (C=O) groups is 2. The zero-order valence-corrected chi connectivity index (χ0v) is 16.4. The number of nitrogens with zero attached hydrogens (tertiary/aromatic N) is 1. The molecule has 0 aliphatic heterocycles. The van der Waals surface area contributed by atoms with E-state index in [1.54, 1.807) is 60.7 Å². The maximum absolute atomic E-state index is 12.7. The number of hydrogen-bond acceptors (Lipinski definition) is 6. The van der Waals surface area contributed by atoms with Crippen molar-refractivity contribution < 1.29 is 18.7 Å². The van der Waals surface area contributed by atoms with Gasteiger partial charge in [0, 0.05) is 23.0 Å². The normalized spacial score (nSPS) is 10.5. The van der Waals surface area contributed by atoms with Crippen LogP contribution in [0.3, 0.4) is 0 Å². The van der Waals surface area contributed by atoms with Crippen LogP contribution in [0.1, 0.15) is 20.8 Å². The minimum Gasteiger partial charge on any atom is -0.493 e. The molecule has 0 unspecified atom stereocenters. The summed E-state index contributed by atoms with van der Waals surface area (Å²) in [6.07, 6.45) is 1.52. The first-order valence-electron chi connectivity index (χ1n) is 9.30. The number of para-hydroxylation sites is 1. The van der Waals surface area contributed by atoms with E-state index < -0.39 is 11.5 Å². The third-order valence-corrected chi connectivity index (χ3v) is 4.46. The van der Waals surface area contributed by atoms with E-state index in [-0.39, 0.29) is 22.7 Å². The van der Waals surface area contributed by atoms with Gasteiger partial charge in [0.1, 0.15) is 11.3 Å². The van der Waals surface area contributed by atoms with Crippen LogP contribution in [0.15, 0.2) is 82.1 Å². The molecule has 0 aliphatic rings. The number of fused-ring (bicyclic) bond motifs is 1. The van der Waals surface area contributed by atoms with E-state index in [2.05, 4.69) is 15.6 Å². The maximum Gasteiger partial charge on any atom is 0.349 e. The summed E-state index contributed by atoms with van der Waals surface area (Å²) in [4.78, 5) is 41.3. The van der Waals surface area contributed by atoms with Crippen LogP contribution in [0.5, 0.6) is 5.75 Å². The number of nitrogens with one attached hydrogen (secondary N) is 2. The Kier molecular flexibility index (Phi) is 5.44. The molecule has 31 heavy (non-hydrogen) atoms. The van der Waals surface area contributed by atoms with Gasteiger partial charge >= 0.3 is 5.63 Å². The fourth-order valence-electron chi connectivity index (χ4n) is 3.00. The molecule has 4 rings (SSSR count). The van der Waals surface area contributed by atoms with Gasteiger partial charge in [-0.2, -0.15) is 0 Å². The van der Waals surface area contributed by atoms with Gasteiger partial charge in [-0.15, -0.1) is 0 Å². The van der Waals surface area contributed by atoms with Crippen molar-refractivity contribution in [3.63, 3.8) is 0 Å². The van der Waals surface area contributed by atoms with E-state index in [0.717, 1.165) is 0 Å². The zero-order chi connectivity index (χ0) is 21.8. The van der Waals surface area contributed by atoms with Crippen LogP contribution in [0.4, 0.5) is 11.4 Å². The summed E-state index contributed by atoms with van der Waals surface area (Å²) in [7, 11) is 1.47. The monoisotopic (exact) mass is 415 g/mol. The molecular weight excluding hydrogens is 398 g/mol. The van der Waals surface area contributed by atoms with E-state index >= 15 is 0 Å². The van der Waals surface area contributed by atoms with Crippen LogP contribution in [-0.4, -0.2) is 23.9 Å². The van der Waals surface area contributed by atoms with Gasteiger partial charge in [-0.05, 0) is 42.5 Å². The minimum atomic E-state index is -0.783. The van der Waals surface area contributed by atoms with Crippen LogP contribution in [0.2, 0.25) is 0 Å². The molecule has 2 aromatic carbocycles. The molecule has 2 amide bonds. The van der Waals surface area contributed by atoms with Crippen LogP contribution < -0.4 is 21.0 Å². The summed E-state index contributed by atoms with van der Waals surface area (Å²) in [5.41, 5.74) is 0.461. The van der Waals surface area contributed by atoms with Gasteiger partial charge in [-0.1, -0.05) is 24.3 Å². The summed E-state index contributed by atoms with van der Waals surface area (Å²) in [6.45, 7) is 0. The molecular formula is C23H17N3O5. The third-order valence-electron chi connectivity index (χ3n) is 4.46. The maximum atomic E-state index is 12.7. The van der Waals surface area contributed by atoms with Gasteiger partial charge in [0.25, 0.3) is 11.8 Å². The van der Waals surface area contributed by atoms with Crippen LogP contribution in [-0.2, 0) is 0 Å². The molecule has 154 valence electrons. The second kappa shape index (κ2) is 8.50. The Balaban J connectivity index is 1.55. The van der Waals surface area contributed by atoms with Crippen molar-refractivity contribution in [2.75, 3.05) is 17.7 Å². The van der Waals surface area contributed by atoms with Crippen molar-refractivity contribution in [2.45, 2.75) is 0 Å². The predicted molar refractivity (Wildman–Crippen MR) is 116 cm³/mol. The Bertz CT molecular complexity index is 1330. The van der Waals surface area contributed by atoms with Crippen molar-refractivity contribution in [1.29, 1.82) is 0 Å². The number of hydrogen-bond donors (Lipinski definition) is 2. The second-order valence-electron chi connectivity index (χ2n) is 6.53. The van der Waals surface area contributed by atoms with Crippen molar-refractivity contribution in [1.82, 2.24) is 4.98 Å². The van der Waals surface area contributed by atoms with Crippen molar-refractivity contribution in [3.05, 3.63) is 94.6 Å². The molecule has 8 heteroatoms. The molecule has 0 bridgehead atoms. The lowest BCUT2D eigenvalue weighted by Crippen LogP contribution is -2.21. The van der Waals surface area contributed by atoms with Crippen molar-refractivity contribution in [2.24, 2.45) is 0 Å². The fourth-order valence-corrected chi connectivity index (χ4v) is 3.00. The SMILES string of the molecule is COc1cccc2cc(C(=O)Nc3cccc(NC(=O)c4ccccn4)c3)c(=O)oc12. The number of aromatic nitrogens is 1. The number of benzene rings is 2. The van der Waals surface area contributed by atoms with E-state index in [9.17, 15) is 14.4 Å². The molecule has 2 N–H and O–H groups in total. The standard InChI is InChI=1S/C23H17N3O5/c1-30-19-10-4-6-14-12-17(23(29)31-20(14)19)21(27)25-15-7-5-8-16(13-15)26-22(28)18-9-2-3-11-24-18/h2-13H,1H3,(H,25,27)(H,26,28). The Hall–Kier alpha value is -4.46. The lowest BCUT2D eigenvalue weighted by atomic mass is 10.1. The largest absolute Gasteiger partial charge is 0.493 e. The number of pyridine rings is 1. The molecule has 0 fully saturated rings. The summed E-state index contributed by atoms with van der Waals surface area (Å²) in [6, 6.07) is 18.1. The topological polar surface area (TPSA) is 111 Å². The summed E-state index contributed by atoms with van der Waals surface area (Å²) < 4.78 is 10.5. The first-order valence-corrected chi connectivity index (χ1v) is 9.30. The van der Waals surface area contributed by atoms with Gasteiger partial charge in [0.15, 0.2) is 11.3 Å². The quantitative estimate of drug-likeness (QED) is 0.481. The molecule has 0 saturated heterocycles.